The molecule has 0 N–H and O–H groups in total. The van der Waals surface area contributed by atoms with E-state index >= 15 is 0 Å². The summed E-state index contributed by atoms with van der Waals surface area (Å²) in [5, 5.41) is 9.61. The van der Waals surface area contributed by atoms with E-state index < -0.39 is 0 Å². The van der Waals surface area contributed by atoms with Crippen LogP contribution in [-0.4, -0.2) is 10.2 Å². The van der Waals surface area contributed by atoms with Crippen LogP contribution in [0.15, 0.2) is 21.2 Å². The number of hydrogen-bond donors (Lipinski definition) is 0. The number of aromatic nitrogens is 2. The number of nitrogens with zero attached hydrogens (tertiary/aromatic N) is 2. The largest absolute Gasteiger partial charge is 0.447 e. The van der Waals surface area contributed by atoms with Crippen molar-refractivity contribution >= 4 is 27.3 Å². The Morgan fingerprint density at radius 1 is 1.42 bits per heavy atom. The van der Waals surface area contributed by atoms with Gasteiger partial charge >= 0.3 is 0 Å². The monoisotopic (exact) mass is 244 g/mol. The first-order valence-corrected chi connectivity index (χ1v) is 4.92. The Bertz CT molecular complexity index is 357. The van der Waals surface area contributed by atoms with Crippen LogP contribution in [-0.2, 0) is 0 Å². The number of furan rings is 1. The van der Waals surface area contributed by atoms with E-state index in [0.29, 0.717) is 4.67 Å². The summed E-state index contributed by atoms with van der Waals surface area (Å²) >= 11 is 4.74. The highest BCUT2D eigenvalue weighted by molar-refractivity contribution is 9.10. The number of aryl methyl sites for hydroxylation is 1. The maximum absolute atomic E-state index is 5.31. The smallest absolute Gasteiger partial charge is 0.183 e. The van der Waals surface area contributed by atoms with E-state index in [-0.39, 0.29) is 0 Å². The molecule has 62 valence electrons. The van der Waals surface area contributed by atoms with Gasteiger partial charge in [0.1, 0.15) is 5.01 Å². The van der Waals surface area contributed by atoms with E-state index in [2.05, 4.69) is 26.1 Å². The second-order valence-corrected chi connectivity index (χ2v) is 4.19. The second-order valence-electron chi connectivity index (χ2n) is 2.23. The van der Waals surface area contributed by atoms with Gasteiger partial charge in [-0.3, -0.25) is 0 Å². The van der Waals surface area contributed by atoms with E-state index in [1.165, 1.54) is 11.3 Å². The lowest BCUT2D eigenvalue weighted by Gasteiger charge is -1.83. The van der Waals surface area contributed by atoms with Crippen LogP contribution in [0.5, 0.6) is 0 Å². The molecule has 0 saturated heterocycles. The highest BCUT2D eigenvalue weighted by Gasteiger charge is 2.07. The summed E-state index contributed by atoms with van der Waals surface area (Å²) in [6.45, 7) is 1.92. The summed E-state index contributed by atoms with van der Waals surface area (Å²) in [5.41, 5.74) is 0. The zero-order valence-electron chi connectivity index (χ0n) is 6.24. The average molecular weight is 245 g/mol. The first kappa shape index (κ1) is 7.94. The van der Waals surface area contributed by atoms with E-state index in [1.54, 1.807) is 0 Å². The van der Waals surface area contributed by atoms with Gasteiger partial charge in [-0.05, 0) is 35.0 Å². The Kier molecular flexibility index (Phi) is 1.98. The normalized spacial score (nSPS) is 10.5. The molecular formula is C7H5BrN2OS. The quantitative estimate of drug-likeness (QED) is 0.775. The van der Waals surface area contributed by atoms with Gasteiger partial charge in [0.15, 0.2) is 15.4 Å². The summed E-state index contributed by atoms with van der Waals surface area (Å²) in [6, 6.07) is 3.70. The molecule has 2 rings (SSSR count). The van der Waals surface area contributed by atoms with Crippen LogP contribution >= 0.6 is 27.3 Å². The molecule has 12 heavy (non-hydrogen) atoms. The molecule has 0 spiro atoms. The van der Waals surface area contributed by atoms with Gasteiger partial charge in [0.25, 0.3) is 0 Å². The van der Waals surface area contributed by atoms with E-state index in [0.717, 1.165) is 15.8 Å². The molecule has 0 unspecified atom stereocenters. The average Bonchev–Trinajstić information content (AvgIpc) is 2.58. The fourth-order valence-electron chi connectivity index (χ4n) is 0.825. The van der Waals surface area contributed by atoms with Gasteiger partial charge in [0, 0.05) is 0 Å². The summed E-state index contributed by atoms with van der Waals surface area (Å²) in [7, 11) is 0. The van der Waals surface area contributed by atoms with E-state index in [4.69, 9.17) is 4.42 Å². The summed E-state index contributed by atoms with van der Waals surface area (Å²) in [5.74, 6) is 0.757. The zero-order chi connectivity index (χ0) is 8.55. The molecule has 2 aromatic rings. The molecule has 0 radical (unpaired) electrons. The van der Waals surface area contributed by atoms with Gasteiger partial charge in [-0.25, -0.2) is 0 Å². The van der Waals surface area contributed by atoms with Crippen LogP contribution in [0.4, 0.5) is 0 Å². The molecule has 2 aromatic heterocycles. The van der Waals surface area contributed by atoms with Crippen molar-refractivity contribution in [3.63, 3.8) is 0 Å². The Morgan fingerprint density at radius 3 is 2.75 bits per heavy atom. The minimum atomic E-state index is 0.713. The molecule has 0 aliphatic rings. The number of hydrogen-bond acceptors (Lipinski definition) is 4. The molecule has 5 heteroatoms. The van der Waals surface area contributed by atoms with Crippen LogP contribution in [0.2, 0.25) is 0 Å². The Hall–Kier alpha value is -0.680. The van der Waals surface area contributed by atoms with Crippen LogP contribution in [0, 0.1) is 6.92 Å². The molecule has 0 aliphatic carbocycles. The van der Waals surface area contributed by atoms with Crippen molar-refractivity contribution in [3.05, 3.63) is 21.8 Å². The Morgan fingerprint density at radius 2 is 2.25 bits per heavy atom. The third-order valence-electron chi connectivity index (χ3n) is 1.31. The molecular weight excluding hydrogens is 240 g/mol. The lowest BCUT2D eigenvalue weighted by Crippen LogP contribution is -1.71. The fourth-order valence-corrected chi connectivity index (χ4v) is 1.79. The van der Waals surface area contributed by atoms with E-state index in [1.807, 2.05) is 19.1 Å². The van der Waals surface area contributed by atoms with Crippen molar-refractivity contribution in [2.45, 2.75) is 6.92 Å². The Labute approximate surface area is 81.6 Å². The van der Waals surface area contributed by atoms with Gasteiger partial charge in [-0.1, -0.05) is 11.3 Å². The maximum Gasteiger partial charge on any atom is 0.183 e. The van der Waals surface area contributed by atoms with Crippen LogP contribution in [0.25, 0.3) is 10.8 Å². The minimum absolute atomic E-state index is 0.713. The molecule has 0 fully saturated rings. The van der Waals surface area contributed by atoms with Crippen molar-refractivity contribution < 1.29 is 4.42 Å². The number of rotatable bonds is 1. The molecule has 0 saturated carbocycles. The molecule has 0 aromatic carbocycles. The summed E-state index contributed by atoms with van der Waals surface area (Å²) in [4.78, 5) is 0. The fraction of sp³-hybridized carbons (Fsp3) is 0.143. The van der Waals surface area contributed by atoms with Crippen molar-refractivity contribution in [1.29, 1.82) is 0 Å². The van der Waals surface area contributed by atoms with Gasteiger partial charge in [-0.15, -0.1) is 10.2 Å². The second kappa shape index (κ2) is 2.99. The highest BCUT2D eigenvalue weighted by atomic mass is 79.9. The van der Waals surface area contributed by atoms with Gasteiger partial charge in [0.05, 0.1) is 0 Å². The number of halogens is 1. The van der Waals surface area contributed by atoms with Crippen LogP contribution in [0.3, 0.4) is 0 Å². The summed E-state index contributed by atoms with van der Waals surface area (Å²) < 4.78 is 6.02. The summed E-state index contributed by atoms with van der Waals surface area (Å²) in [6.07, 6.45) is 0. The molecule has 2 heterocycles. The maximum atomic E-state index is 5.31. The van der Waals surface area contributed by atoms with Crippen molar-refractivity contribution in [3.8, 4) is 10.8 Å². The lowest BCUT2D eigenvalue weighted by molar-refractivity contribution is 0.554. The first-order chi connectivity index (χ1) is 5.75. The van der Waals surface area contributed by atoms with Crippen molar-refractivity contribution in [1.82, 2.24) is 10.2 Å². The standard InChI is InChI=1S/C7H5BrN2OS/c1-4-9-10-7(12-4)5-2-3-6(8)11-5/h2-3H,1H3. The molecule has 0 bridgehead atoms. The predicted molar refractivity (Wildman–Crippen MR) is 50.0 cm³/mol. The molecule has 0 atom stereocenters. The van der Waals surface area contributed by atoms with Crippen molar-refractivity contribution in [2.75, 3.05) is 0 Å². The van der Waals surface area contributed by atoms with Crippen molar-refractivity contribution in [2.24, 2.45) is 0 Å². The first-order valence-electron chi connectivity index (χ1n) is 3.31. The Balaban J connectivity index is 2.43. The predicted octanol–water partition coefficient (Wildman–Crippen LogP) is 2.87. The highest BCUT2D eigenvalue weighted by Crippen LogP contribution is 2.26. The van der Waals surface area contributed by atoms with Gasteiger partial charge in [-0.2, -0.15) is 0 Å². The SMILES string of the molecule is Cc1nnc(-c2ccc(Br)o2)s1. The lowest BCUT2D eigenvalue weighted by atomic mass is 10.5. The third-order valence-corrected chi connectivity index (χ3v) is 2.59. The molecule has 3 nitrogen and oxygen atoms in total. The zero-order valence-corrected chi connectivity index (χ0v) is 8.65. The minimum Gasteiger partial charge on any atom is -0.447 e. The van der Waals surface area contributed by atoms with Gasteiger partial charge < -0.3 is 4.42 Å². The van der Waals surface area contributed by atoms with Crippen LogP contribution < -0.4 is 0 Å². The molecule has 0 amide bonds. The molecule has 0 aliphatic heterocycles. The third kappa shape index (κ3) is 1.42. The van der Waals surface area contributed by atoms with Gasteiger partial charge in [0.2, 0.25) is 0 Å². The topological polar surface area (TPSA) is 38.9 Å². The van der Waals surface area contributed by atoms with E-state index in [9.17, 15) is 0 Å². The van der Waals surface area contributed by atoms with Crippen LogP contribution in [0.1, 0.15) is 5.01 Å².